The van der Waals surface area contributed by atoms with Gasteiger partial charge in [0.1, 0.15) is 12.4 Å². The van der Waals surface area contributed by atoms with Crippen LogP contribution < -0.4 is 19.3 Å². The number of imidazole rings is 1. The number of aromatic nitrogens is 2. The Labute approximate surface area is 214 Å². The number of carbonyl (C=O) groups is 2. The maximum absolute atomic E-state index is 13.7. The van der Waals surface area contributed by atoms with Gasteiger partial charge in [-0.15, -0.1) is 0 Å². The summed E-state index contributed by atoms with van der Waals surface area (Å²) in [5, 5.41) is 0. The molecule has 1 aromatic heterocycles. The minimum absolute atomic E-state index is 0.0266. The molecule has 0 saturated carbocycles. The second-order valence-electron chi connectivity index (χ2n) is 9.77. The molecule has 8 nitrogen and oxygen atoms in total. The van der Waals surface area contributed by atoms with Gasteiger partial charge in [0, 0.05) is 42.9 Å². The molecule has 37 heavy (non-hydrogen) atoms. The third-order valence-electron chi connectivity index (χ3n) is 7.55. The molecule has 0 spiro atoms. The quantitative estimate of drug-likeness (QED) is 0.424. The van der Waals surface area contributed by atoms with Gasteiger partial charge in [0.05, 0.1) is 11.0 Å². The highest BCUT2D eigenvalue weighted by Crippen LogP contribution is 2.39. The topological polar surface area (TPSA) is 76.9 Å². The number of para-hydroxylation sites is 3. The van der Waals surface area contributed by atoms with Crippen LogP contribution in [0.25, 0.3) is 11.0 Å². The van der Waals surface area contributed by atoms with E-state index in [0.717, 1.165) is 41.1 Å². The number of hydrogen-bond donors (Lipinski definition) is 0. The summed E-state index contributed by atoms with van der Waals surface area (Å²) < 4.78 is 12.9. The lowest BCUT2D eigenvalue weighted by Gasteiger charge is -2.30. The molecule has 3 aliphatic heterocycles. The van der Waals surface area contributed by atoms with E-state index in [9.17, 15) is 9.59 Å². The van der Waals surface area contributed by atoms with E-state index in [-0.39, 0.29) is 31.1 Å². The third kappa shape index (κ3) is 3.71. The summed E-state index contributed by atoms with van der Waals surface area (Å²) in [5.41, 5.74) is 4.72. The number of rotatable bonds is 4. The number of amides is 2. The van der Waals surface area contributed by atoms with E-state index >= 15 is 0 Å². The summed E-state index contributed by atoms with van der Waals surface area (Å²) in [6.45, 7) is 1.56. The maximum Gasteiger partial charge on any atom is 0.246 e. The highest BCUT2D eigenvalue weighted by atomic mass is 16.7. The van der Waals surface area contributed by atoms with E-state index in [4.69, 9.17) is 14.5 Å². The summed E-state index contributed by atoms with van der Waals surface area (Å²) >= 11 is 0. The van der Waals surface area contributed by atoms with Crippen molar-refractivity contribution >= 4 is 34.2 Å². The van der Waals surface area contributed by atoms with Crippen LogP contribution >= 0.6 is 0 Å². The first-order valence-electron chi connectivity index (χ1n) is 12.7. The molecule has 3 aromatic carbocycles. The number of fused-ring (bicyclic) bond motifs is 3. The number of hydrogen-bond acceptors (Lipinski definition) is 5. The predicted octanol–water partition coefficient (Wildman–Crippen LogP) is 4.26. The molecule has 4 heterocycles. The van der Waals surface area contributed by atoms with Crippen LogP contribution in [0.2, 0.25) is 0 Å². The van der Waals surface area contributed by atoms with Gasteiger partial charge in [-0.3, -0.25) is 9.59 Å². The molecule has 0 N–H and O–H groups in total. The number of nitrogens with zero attached hydrogens (tertiary/aromatic N) is 4. The Morgan fingerprint density at radius 2 is 1.84 bits per heavy atom. The van der Waals surface area contributed by atoms with E-state index in [1.54, 1.807) is 4.90 Å². The molecule has 0 aliphatic carbocycles. The Morgan fingerprint density at radius 3 is 2.78 bits per heavy atom. The van der Waals surface area contributed by atoms with Crippen molar-refractivity contribution in [1.29, 1.82) is 0 Å². The van der Waals surface area contributed by atoms with Crippen LogP contribution in [0.4, 0.5) is 11.4 Å². The SMILES string of the molecule is O=C1CC(c2nc3ccccc3n2CC(=O)N2CCCc3ccccc32)CN1c1ccc2c(c1)OCO2. The number of ether oxygens (including phenoxy) is 2. The summed E-state index contributed by atoms with van der Waals surface area (Å²) in [5.74, 6) is 2.04. The molecular formula is C29H26N4O4. The second kappa shape index (κ2) is 8.65. The van der Waals surface area contributed by atoms with Gasteiger partial charge in [-0.1, -0.05) is 30.3 Å². The van der Waals surface area contributed by atoms with Gasteiger partial charge in [0.15, 0.2) is 11.5 Å². The molecule has 0 bridgehead atoms. The van der Waals surface area contributed by atoms with E-state index in [1.165, 1.54) is 5.56 Å². The number of anilines is 2. The first-order chi connectivity index (χ1) is 18.2. The van der Waals surface area contributed by atoms with Crippen LogP contribution in [0.1, 0.15) is 30.1 Å². The zero-order chi connectivity index (χ0) is 24.9. The van der Waals surface area contributed by atoms with Crippen LogP contribution in [0.15, 0.2) is 66.7 Å². The Kier molecular flexibility index (Phi) is 5.13. The Bertz CT molecular complexity index is 1540. The molecule has 2 amide bonds. The number of benzene rings is 3. The number of aryl methyl sites for hydroxylation is 1. The fraction of sp³-hybridized carbons (Fsp3) is 0.276. The normalized spacial score (nSPS) is 18.5. The Morgan fingerprint density at radius 1 is 1.00 bits per heavy atom. The van der Waals surface area contributed by atoms with Gasteiger partial charge in [-0.25, -0.2) is 4.98 Å². The minimum Gasteiger partial charge on any atom is -0.454 e. The first-order valence-corrected chi connectivity index (χ1v) is 12.7. The summed E-state index contributed by atoms with van der Waals surface area (Å²) in [6.07, 6.45) is 2.26. The molecule has 8 heteroatoms. The summed E-state index contributed by atoms with van der Waals surface area (Å²) in [6, 6.07) is 21.6. The van der Waals surface area contributed by atoms with E-state index < -0.39 is 0 Å². The molecular weight excluding hydrogens is 468 g/mol. The maximum atomic E-state index is 13.7. The van der Waals surface area contributed by atoms with E-state index in [1.807, 2.05) is 70.1 Å². The average Bonchev–Trinajstić information content (AvgIpc) is 3.65. The average molecular weight is 495 g/mol. The zero-order valence-corrected chi connectivity index (χ0v) is 20.3. The highest BCUT2D eigenvalue weighted by molar-refractivity contribution is 5.97. The van der Waals surface area contributed by atoms with Crippen molar-refractivity contribution in [2.75, 3.05) is 29.7 Å². The first kappa shape index (κ1) is 21.9. The van der Waals surface area contributed by atoms with Crippen LogP contribution in [0, 0.1) is 0 Å². The van der Waals surface area contributed by atoms with Gasteiger partial charge in [-0.2, -0.15) is 0 Å². The Hall–Kier alpha value is -4.33. The minimum atomic E-state index is -0.133. The fourth-order valence-corrected chi connectivity index (χ4v) is 5.77. The van der Waals surface area contributed by atoms with Gasteiger partial charge in [0.25, 0.3) is 0 Å². The van der Waals surface area contributed by atoms with Crippen LogP contribution in [0.5, 0.6) is 11.5 Å². The molecule has 4 aromatic rings. The van der Waals surface area contributed by atoms with Crippen molar-refractivity contribution in [3.8, 4) is 11.5 Å². The molecule has 1 fully saturated rings. The largest absolute Gasteiger partial charge is 0.454 e. The van der Waals surface area contributed by atoms with Gasteiger partial charge in [0.2, 0.25) is 18.6 Å². The van der Waals surface area contributed by atoms with Crippen molar-refractivity contribution in [2.24, 2.45) is 0 Å². The molecule has 1 atom stereocenters. The monoisotopic (exact) mass is 494 g/mol. The lowest BCUT2D eigenvalue weighted by molar-refractivity contribution is -0.119. The van der Waals surface area contributed by atoms with Crippen molar-refractivity contribution in [1.82, 2.24) is 9.55 Å². The molecule has 1 saturated heterocycles. The lowest BCUT2D eigenvalue weighted by atomic mass is 10.0. The molecule has 186 valence electrons. The smallest absolute Gasteiger partial charge is 0.246 e. The van der Waals surface area contributed by atoms with Crippen molar-refractivity contribution in [3.63, 3.8) is 0 Å². The van der Waals surface area contributed by atoms with Crippen LogP contribution in [-0.2, 0) is 22.6 Å². The molecule has 0 radical (unpaired) electrons. The van der Waals surface area contributed by atoms with Crippen molar-refractivity contribution in [2.45, 2.75) is 31.7 Å². The van der Waals surface area contributed by atoms with Gasteiger partial charge >= 0.3 is 0 Å². The molecule has 3 aliphatic rings. The van der Waals surface area contributed by atoms with Gasteiger partial charge < -0.3 is 23.8 Å². The summed E-state index contributed by atoms with van der Waals surface area (Å²) in [7, 11) is 0. The fourth-order valence-electron chi connectivity index (χ4n) is 5.77. The second-order valence-corrected chi connectivity index (χ2v) is 9.77. The third-order valence-corrected chi connectivity index (χ3v) is 7.55. The van der Waals surface area contributed by atoms with Crippen molar-refractivity contribution in [3.05, 3.63) is 78.1 Å². The highest BCUT2D eigenvalue weighted by Gasteiger charge is 2.36. The lowest BCUT2D eigenvalue weighted by Crippen LogP contribution is -2.38. The van der Waals surface area contributed by atoms with E-state index in [2.05, 4.69) is 6.07 Å². The van der Waals surface area contributed by atoms with E-state index in [0.29, 0.717) is 31.0 Å². The zero-order valence-electron chi connectivity index (χ0n) is 20.3. The summed E-state index contributed by atoms with van der Waals surface area (Å²) in [4.78, 5) is 35.4. The predicted molar refractivity (Wildman–Crippen MR) is 139 cm³/mol. The van der Waals surface area contributed by atoms with Crippen LogP contribution in [-0.4, -0.2) is 41.2 Å². The molecule has 7 rings (SSSR count). The van der Waals surface area contributed by atoms with Crippen LogP contribution in [0.3, 0.4) is 0 Å². The molecule has 1 unspecified atom stereocenters. The van der Waals surface area contributed by atoms with Gasteiger partial charge in [-0.05, 0) is 48.7 Å². The van der Waals surface area contributed by atoms with Crippen molar-refractivity contribution < 1.29 is 19.1 Å². The Balaban J connectivity index is 1.21. The number of carbonyl (C=O) groups excluding carboxylic acids is 2. The standard InChI is InChI=1S/C29H26N4O4/c34-27-14-20(16-32(27)21-11-12-25-26(15-21)37-18-36-25)29-30-22-8-2-4-10-24(22)33(29)17-28(35)31-13-5-7-19-6-1-3-9-23(19)31/h1-4,6,8-12,15,20H,5,7,13-14,16-18H2.